The molecule has 35 heavy (non-hydrogen) atoms. The zero-order chi connectivity index (χ0) is 25.4. The molecule has 0 aliphatic heterocycles. The number of carbonyl (C=O) groups is 3. The largest absolute Gasteiger partial charge is 0.480 e. The summed E-state index contributed by atoms with van der Waals surface area (Å²) in [4.78, 5) is 62.2. The van der Waals surface area contributed by atoms with Gasteiger partial charge in [0.15, 0.2) is 11.2 Å². The molecule has 1 atom stereocenters. The van der Waals surface area contributed by atoms with Crippen molar-refractivity contribution < 1.29 is 25.2 Å². The zero-order valence-electron chi connectivity index (χ0n) is 18.7. The number of quaternary nitrogens is 1. The van der Waals surface area contributed by atoms with Crippen LogP contribution in [0.1, 0.15) is 28.9 Å². The summed E-state index contributed by atoms with van der Waals surface area (Å²) in [6.07, 6.45) is 1.39. The Morgan fingerprint density at radius 3 is 2.60 bits per heavy atom. The van der Waals surface area contributed by atoms with Gasteiger partial charge in [0.2, 0.25) is 11.9 Å². The number of aliphatic carboxylic acids is 1. The number of carboxylic acid groups (broad SMARTS) is 1. The summed E-state index contributed by atoms with van der Waals surface area (Å²) in [6.45, 7) is 1.18. The first-order chi connectivity index (χ1) is 16.8. The van der Waals surface area contributed by atoms with E-state index in [-0.39, 0.29) is 48.0 Å². The SMILES string of the molecule is Nc1nc2ncc(CNc3ccc(C(=O)NC(CCC(=O)NCC[NH3+])C(=O)O)cc3)nc2c(=O)[nH]1. The van der Waals surface area contributed by atoms with E-state index in [2.05, 4.69) is 41.6 Å². The van der Waals surface area contributed by atoms with E-state index in [9.17, 15) is 24.3 Å². The van der Waals surface area contributed by atoms with Crippen molar-refractivity contribution in [3.8, 4) is 0 Å². The summed E-state index contributed by atoms with van der Waals surface area (Å²) < 4.78 is 0. The van der Waals surface area contributed by atoms with Crippen LogP contribution in [0.2, 0.25) is 0 Å². The lowest BCUT2D eigenvalue weighted by Crippen LogP contribution is -2.55. The van der Waals surface area contributed by atoms with Gasteiger partial charge < -0.3 is 32.5 Å². The molecule has 3 rings (SSSR count). The highest BCUT2D eigenvalue weighted by Gasteiger charge is 2.21. The van der Waals surface area contributed by atoms with E-state index in [1.807, 2.05) is 0 Å². The highest BCUT2D eigenvalue weighted by Crippen LogP contribution is 2.12. The van der Waals surface area contributed by atoms with Gasteiger partial charge in [0.25, 0.3) is 11.5 Å². The number of anilines is 2. The molecule has 2 amide bonds. The average Bonchev–Trinajstić information content (AvgIpc) is 2.84. The lowest BCUT2D eigenvalue weighted by Gasteiger charge is -2.14. The monoisotopic (exact) mass is 484 g/mol. The van der Waals surface area contributed by atoms with Crippen LogP contribution in [0.15, 0.2) is 35.3 Å². The minimum atomic E-state index is -1.23. The third-order valence-electron chi connectivity index (χ3n) is 4.87. The highest BCUT2D eigenvalue weighted by molar-refractivity contribution is 5.97. The number of H-pyrrole nitrogens is 1. The molecule has 0 fully saturated rings. The van der Waals surface area contributed by atoms with Crippen molar-refractivity contribution in [2.45, 2.75) is 25.4 Å². The van der Waals surface area contributed by atoms with Crippen LogP contribution in [-0.2, 0) is 16.1 Å². The van der Waals surface area contributed by atoms with Gasteiger partial charge in [-0.25, -0.2) is 14.8 Å². The molecule has 2 heterocycles. The van der Waals surface area contributed by atoms with Crippen molar-refractivity contribution in [2.75, 3.05) is 24.1 Å². The van der Waals surface area contributed by atoms with Crippen LogP contribution in [0, 0.1) is 0 Å². The normalized spacial score (nSPS) is 11.6. The molecule has 14 nitrogen and oxygen atoms in total. The van der Waals surface area contributed by atoms with Crippen molar-refractivity contribution in [3.63, 3.8) is 0 Å². The lowest BCUT2D eigenvalue weighted by atomic mass is 10.1. The Bertz CT molecular complexity index is 1280. The fourth-order valence-corrected chi connectivity index (χ4v) is 3.08. The molecule has 0 radical (unpaired) electrons. The quantitative estimate of drug-likeness (QED) is 0.162. The van der Waals surface area contributed by atoms with Crippen LogP contribution < -0.4 is 33.0 Å². The number of nitrogens with zero attached hydrogens (tertiary/aromatic N) is 3. The Morgan fingerprint density at radius 1 is 1.17 bits per heavy atom. The van der Waals surface area contributed by atoms with Gasteiger partial charge in [0.1, 0.15) is 6.04 Å². The maximum Gasteiger partial charge on any atom is 0.326 e. The van der Waals surface area contributed by atoms with Gasteiger partial charge in [-0.1, -0.05) is 0 Å². The van der Waals surface area contributed by atoms with Crippen molar-refractivity contribution in [1.82, 2.24) is 30.6 Å². The van der Waals surface area contributed by atoms with Crippen LogP contribution in [0.5, 0.6) is 0 Å². The first-order valence-electron chi connectivity index (χ1n) is 10.7. The number of nitrogens with two attached hydrogens (primary N) is 1. The standard InChI is InChI=1S/C21H25N9O5/c22-7-8-24-15(31)6-5-14(20(34)35)28-18(32)11-1-3-12(4-2-11)25-9-13-10-26-17-16(27-13)19(33)30-21(23)29-17/h1-4,10,14,25H,5-9,22H2,(H,24,31)(H,28,32)(H,34,35)(H3,23,26,29,30,33)/p+1. The summed E-state index contributed by atoms with van der Waals surface area (Å²) in [5, 5.41) is 17.5. The van der Waals surface area contributed by atoms with Gasteiger partial charge in [-0.15, -0.1) is 0 Å². The van der Waals surface area contributed by atoms with Crippen LogP contribution in [0.4, 0.5) is 11.6 Å². The summed E-state index contributed by atoms with van der Waals surface area (Å²) in [5.41, 5.74) is 10.2. The van der Waals surface area contributed by atoms with Crippen LogP contribution in [-0.4, -0.2) is 62.0 Å². The minimum Gasteiger partial charge on any atom is -0.480 e. The number of nitrogens with one attached hydrogen (secondary N) is 4. The Hall–Kier alpha value is -4.59. The van der Waals surface area contributed by atoms with E-state index >= 15 is 0 Å². The van der Waals surface area contributed by atoms with Gasteiger partial charge in [-0.2, -0.15) is 4.98 Å². The fraction of sp³-hybridized carbons (Fsp3) is 0.286. The Balaban J connectivity index is 1.57. The number of hydrogen-bond donors (Lipinski definition) is 7. The lowest BCUT2D eigenvalue weighted by molar-refractivity contribution is -0.364. The first kappa shape index (κ1) is 25.0. The molecule has 0 spiro atoms. The number of amides is 2. The van der Waals surface area contributed by atoms with E-state index < -0.39 is 23.5 Å². The minimum absolute atomic E-state index is 0.0346. The van der Waals surface area contributed by atoms with E-state index in [0.29, 0.717) is 24.5 Å². The molecule has 14 heteroatoms. The van der Waals surface area contributed by atoms with Crippen LogP contribution >= 0.6 is 0 Å². The topological polar surface area (TPSA) is 233 Å². The predicted molar refractivity (Wildman–Crippen MR) is 125 cm³/mol. The number of aromatic nitrogens is 4. The molecule has 184 valence electrons. The average molecular weight is 484 g/mol. The van der Waals surface area contributed by atoms with Crippen molar-refractivity contribution in [1.29, 1.82) is 0 Å². The Kier molecular flexibility index (Phi) is 8.24. The third kappa shape index (κ3) is 6.94. The number of aromatic amines is 1. The summed E-state index contributed by atoms with van der Waals surface area (Å²) >= 11 is 0. The first-order valence-corrected chi connectivity index (χ1v) is 10.7. The number of nitrogen functional groups attached to an aromatic ring is 1. The fourth-order valence-electron chi connectivity index (χ4n) is 3.08. The molecule has 10 N–H and O–H groups in total. The molecule has 3 aromatic rings. The van der Waals surface area contributed by atoms with Crippen LogP contribution in [0.3, 0.4) is 0 Å². The van der Waals surface area contributed by atoms with E-state index in [1.54, 1.807) is 12.1 Å². The van der Waals surface area contributed by atoms with E-state index in [0.717, 1.165) is 0 Å². The Morgan fingerprint density at radius 2 is 1.91 bits per heavy atom. The molecule has 0 aliphatic carbocycles. The van der Waals surface area contributed by atoms with Crippen molar-refractivity contribution in [2.24, 2.45) is 0 Å². The van der Waals surface area contributed by atoms with Gasteiger partial charge in [0, 0.05) is 17.7 Å². The maximum absolute atomic E-state index is 12.5. The zero-order valence-corrected chi connectivity index (χ0v) is 18.7. The maximum atomic E-state index is 12.5. The second kappa shape index (κ2) is 11.5. The smallest absolute Gasteiger partial charge is 0.326 e. The van der Waals surface area contributed by atoms with Gasteiger partial charge >= 0.3 is 5.97 Å². The van der Waals surface area contributed by atoms with E-state index in [1.165, 1.54) is 18.3 Å². The van der Waals surface area contributed by atoms with Gasteiger partial charge in [0.05, 0.1) is 31.5 Å². The summed E-state index contributed by atoms with van der Waals surface area (Å²) in [6, 6.07) is 5.13. The summed E-state index contributed by atoms with van der Waals surface area (Å²) in [7, 11) is 0. The van der Waals surface area contributed by atoms with Gasteiger partial charge in [-0.05, 0) is 30.7 Å². The molecule has 0 aliphatic rings. The number of carboxylic acids is 1. The van der Waals surface area contributed by atoms with Gasteiger partial charge in [-0.3, -0.25) is 19.4 Å². The number of benzene rings is 1. The predicted octanol–water partition coefficient (Wildman–Crippen LogP) is -1.77. The summed E-state index contributed by atoms with van der Waals surface area (Å²) in [5.74, 6) is -2.15. The molecule has 0 saturated carbocycles. The Labute approximate surface area is 198 Å². The molecule has 1 aromatic carbocycles. The molecular formula is C21H26N9O5+. The molecule has 0 bridgehead atoms. The molecule has 1 unspecified atom stereocenters. The molecule has 2 aromatic heterocycles. The number of fused-ring (bicyclic) bond motifs is 1. The van der Waals surface area contributed by atoms with Crippen LogP contribution in [0.25, 0.3) is 11.2 Å². The number of rotatable bonds is 11. The number of hydrogen-bond acceptors (Lipinski definition) is 9. The van der Waals surface area contributed by atoms with E-state index in [4.69, 9.17) is 5.73 Å². The second-order valence-electron chi connectivity index (χ2n) is 7.52. The second-order valence-corrected chi connectivity index (χ2v) is 7.52. The third-order valence-corrected chi connectivity index (χ3v) is 4.87. The molecule has 0 saturated heterocycles. The molecular weight excluding hydrogens is 458 g/mol. The van der Waals surface area contributed by atoms with Crippen molar-refractivity contribution in [3.05, 3.63) is 52.1 Å². The number of carbonyl (C=O) groups excluding carboxylic acids is 2. The van der Waals surface area contributed by atoms with Crippen molar-refractivity contribution >= 4 is 40.6 Å². The highest BCUT2D eigenvalue weighted by atomic mass is 16.4.